The van der Waals surface area contributed by atoms with Crippen molar-refractivity contribution in [2.45, 2.75) is 36.7 Å². The molecule has 2 aliphatic rings. The van der Waals surface area contributed by atoms with Crippen LogP contribution in [-0.4, -0.2) is 63.1 Å². The first kappa shape index (κ1) is 25.0. The van der Waals surface area contributed by atoms with Crippen molar-refractivity contribution in [3.05, 3.63) is 69.7 Å². The molecule has 35 heavy (non-hydrogen) atoms. The topological polar surface area (TPSA) is 86.8 Å². The second-order valence-corrected chi connectivity index (χ2v) is 8.79. The lowest BCUT2D eigenvalue weighted by atomic mass is 9.55. The molecule has 0 bridgehead atoms. The van der Waals surface area contributed by atoms with Crippen LogP contribution in [0.3, 0.4) is 0 Å². The molecule has 1 unspecified atom stereocenters. The fraction of sp³-hybridized carbons (Fsp3) is 0.273. The molecule has 0 aliphatic carbocycles. The molecule has 1 saturated heterocycles. The summed E-state index contributed by atoms with van der Waals surface area (Å²) in [6, 6.07) is 7.53. The highest BCUT2D eigenvalue weighted by Gasteiger charge is 2.46. The molecule has 4 amide bonds. The number of alkyl halides is 2. The Labute approximate surface area is 208 Å². The number of rotatable bonds is 5. The minimum Gasteiger partial charge on any atom is -0.398 e. The summed E-state index contributed by atoms with van der Waals surface area (Å²) < 4.78 is 29.7. The van der Waals surface area contributed by atoms with Crippen molar-refractivity contribution in [1.82, 2.24) is 15.0 Å². The van der Waals surface area contributed by atoms with Crippen LogP contribution in [-0.2, 0) is 32.2 Å². The van der Waals surface area contributed by atoms with Gasteiger partial charge in [0.25, 0.3) is 11.8 Å². The van der Waals surface area contributed by atoms with Gasteiger partial charge < -0.3 is 9.71 Å². The summed E-state index contributed by atoms with van der Waals surface area (Å²) in [7, 11) is 17.8. The molecule has 2 aromatic carbocycles. The molecule has 1 atom stereocenters. The SMILES string of the molecule is [B]N(C(=O)C(F)(F)c1ccc(Cl)cc1)C([B])([B])c1ccc2c(c1)CN(C1CCC(=O)NC1=O)C2=O. The molecule has 172 valence electrons. The third-order valence-electron chi connectivity index (χ3n) is 6.08. The highest BCUT2D eigenvalue weighted by Crippen LogP contribution is 2.35. The van der Waals surface area contributed by atoms with Crippen molar-refractivity contribution in [2.75, 3.05) is 0 Å². The molecule has 0 aromatic heterocycles. The summed E-state index contributed by atoms with van der Waals surface area (Å²) in [4.78, 5) is 50.4. The lowest BCUT2D eigenvalue weighted by molar-refractivity contribution is -0.155. The van der Waals surface area contributed by atoms with Gasteiger partial charge in [0.15, 0.2) is 0 Å². The standard InChI is InChI=1S/C22H15B3ClF2N3O4/c23-22(24,31(25)20(35)21(27,28)12-1-4-14(26)5-2-12)13-3-6-15-11(9-13)10-30(19(15)34)16-7-8-17(32)29-18(16)33/h1-6,9,16H,7-8,10H2,(H,29,32,33). The van der Waals surface area contributed by atoms with Crippen LogP contribution in [0.1, 0.15) is 39.9 Å². The monoisotopic (exact) mass is 491 g/mol. The van der Waals surface area contributed by atoms with Gasteiger partial charge in [0.2, 0.25) is 19.8 Å². The minimum absolute atomic E-state index is 0.0101. The summed E-state index contributed by atoms with van der Waals surface area (Å²) in [5.41, 5.74) is -0.0204. The van der Waals surface area contributed by atoms with Crippen LogP contribution in [0.25, 0.3) is 0 Å². The Balaban J connectivity index is 1.58. The van der Waals surface area contributed by atoms with Gasteiger partial charge in [-0.3, -0.25) is 24.5 Å². The molecule has 6 radical (unpaired) electrons. The Morgan fingerprint density at radius 3 is 2.34 bits per heavy atom. The molecule has 2 heterocycles. The van der Waals surface area contributed by atoms with Gasteiger partial charge >= 0.3 is 5.92 Å². The summed E-state index contributed by atoms with van der Waals surface area (Å²) in [6.45, 7) is -0.0101. The predicted molar refractivity (Wildman–Crippen MR) is 124 cm³/mol. The van der Waals surface area contributed by atoms with Crippen LogP contribution in [0, 0.1) is 0 Å². The molecule has 4 rings (SSSR count). The van der Waals surface area contributed by atoms with Gasteiger partial charge in [0.1, 0.15) is 6.04 Å². The van der Waals surface area contributed by atoms with Crippen molar-refractivity contribution in [3.63, 3.8) is 0 Å². The zero-order chi connectivity index (χ0) is 25.7. The van der Waals surface area contributed by atoms with Gasteiger partial charge in [-0.15, -0.1) is 0 Å². The van der Waals surface area contributed by atoms with Gasteiger partial charge in [-0.1, -0.05) is 35.9 Å². The molecule has 1 N–H and O–H groups in total. The van der Waals surface area contributed by atoms with Crippen LogP contribution in [0.4, 0.5) is 8.78 Å². The van der Waals surface area contributed by atoms with Gasteiger partial charge in [-0.2, -0.15) is 8.78 Å². The van der Waals surface area contributed by atoms with Crippen LogP contribution in [0.15, 0.2) is 42.5 Å². The number of carbonyl (C=O) groups is 4. The largest absolute Gasteiger partial charge is 0.398 e. The van der Waals surface area contributed by atoms with E-state index >= 15 is 0 Å². The maximum Gasteiger partial charge on any atom is 0.348 e. The van der Waals surface area contributed by atoms with Crippen LogP contribution in [0.5, 0.6) is 0 Å². The van der Waals surface area contributed by atoms with Crippen LogP contribution < -0.4 is 5.32 Å². The number of nitrogens with zero attached hydrogens (tertiary/aromatic N) is 2. The van der Waals surface area contributed by atoms with E-state index in [9.17, 15) is 28.0 Å². The van der Waals surface area contributed by atoms with Crippen LogP contribution in [0.2, 0.25) is 5.02 Å². The molecule has 1 fully saturated rings. The molecule has 0 saturated carbocycles. The van der Waals surface area contributed by atoms with Crippen molar-refractivity contribution in [2.24, 2.45) is 0 Å². The van der Waals surface area contributed by atoms with Gasteiger partial charge in [0, 0.05) is 29.1 Å². The molecular formula is C22H15B3ClF2N3O4. The van der Waals surface area contributed by atoms with E-state index in [4.69, 9.17) is 35.3 Å². The first-order valence-corrected chi connectivity index (χ1v) is 10.8. The van der Waals surface area contributed by atoms with Crippen molar-refractivity contribution in [1.29, 1.82) is 0 Å². The second kappa shape index (κ2) is 8.82. The average molecular weight is 491 g/mol. The number of imide groups is 1. The second-order valence-electron chi connectivity index (χ2n) is 8.35. The number of halogens is 3. The van der Waals surface area contributed by atoms with E-state index in [1.165, 1.54) is 35.2 Å². The fourth-order valence-corrected chi connectivity index (χ4v) is 4.19. The third-order valence-corrected chi connectivity index (χ3v) is 6.33. The van der Waals surface area contributed by atoms with E-state index in [0.29, 0.717) is 5.56 Å². The Bertz CT molecular complexity index is 1240. The summed E-state index contributed by atoms with van der Waals surface area (Å²) in [6.07, 6.45) is 0.252. The molecule has 13 heteroatoms. The van der Waals surface area contributed by atoms with Gasteiger partial charge in [0.05, 0.1) is 15.7 Å². The maximum absolute atomic E-state index is 14.8. The quantitative estimate of drug-likeness (QED) is 0.504. The molecule has 7 nitrogen and oxygen atoms in total. The van der Waals surface area contributed by atoms with E-state index in [-0.39, 0.29) is 40.3 Å². The predicted octanol–water partition coefficient (Wildman–Crippen LogP) is 1.25. The first-order chi connectivity index (χ1) is 16.3. The molecule has 0 spiro atoms. The molecular weight excluding hydrogens is 476 g/mol. The number of fused-ring (bicyclic) bond motifs is 1. The molecule has 2 aromatic rings. The van der Waals surface area contributed by atoms with Crippen molar-refractivity contribution in [3.8, 4) is 0 Å². The normalized spacial score (nSPS) is 18.3. The smallest absolute Gasteiger partial charge is 0.348 e. The van der Waals surface area contributed by atoms with Gasteiger partial charge in [-0.05, 0) is 41.1 Å². The average Bonchev–Trinajstić information content (AvgIpc) is 3.13. The highest BCUT2D eigenvalue weighted by molar-refractivity contribution is 6.43. The van der Waals surface area contributed by atoms with E-state index in [2.05, 4.69) is 5.32 Å². The number of amides is 4. The van der Waals surface area contributed by atoms with Crippen molar-refractivity contribution < 1.29 is 28.0 Å². The van der Waals surface area contributed by atoms with E-state index in [1.807, 2.05) is 0 Å². The van der Waals surface area contributed by atoms with E-state index < -0.39 is 46.5 Å². The van der Waals surface area contributed by atoms with Crippen LogP contribution >= 0.6 is 11.6 Å². The third kappa shape index (κ3) is 4.35. The summed E-state index contributed by atoms with van der Waals surface area (Å²) in [5, 5.41) is 0.0300. The minimum atomic E-state index is -4.06. The highest BCUT2D eigenvalue weighted by atomic mass is 35.5. The number of carbonyl (C=O) groups excluding carboxylic acids is 4. The summed E-state index contributed by atoms with van der Waals surface area (Å²) in [5.74, 6) is -7.37. The molecule has 2 aliphatic heterocycles. The van der Waals surface area contributed by atoms with E-state index in [1.54, 1.807) is 0 Å². The Hall–Kier alpha value is -3.14. The Kier molecular flexibility index (Phi) is 6.29. The zero-order valence-corrected chi connectivity index (χ0v) is 18.9. The Morgan fingerprint density at radius 2 is 1.71 bits per heavy atom. The lowest BCUT2D eigenvalue weighted by Gasteiger charge is -2.40. The van der Waals surface area contributed by atoms with Crippen molar-refractivity contribution >= 4 is 58.9 Å². The number of piperidine rings is 1. The lowest BCUT2D eigenvalue weighted by Crippen LogP contribution is -2.53. The Morgan fingerprint density at radius 1 is 1.09 bits per heavy atom. The maximum atomic E-state index is 14.8. The first-order valence-electron chi connectivity index (χ1n) is 10.4. The summed E-state index contributed by atoms with van der Waals surface area (Å²) >= 11 is 5.72. The number of nitrogens with one attached hydrogen (secondary N) is 1. The zero-order valence-electron chi connectivity index (χ0n) is 18.1. The number of hydrogen-bond donors (Lipinski definition) is 1. The number of hydrogen-bond acceptors (Lipinski definition) is 4. The number of benzene rings is 2. The van der Waals surface area contributed by atoms with E-state index in [0.717, 1.165) is 12.1 Å². The van der Waals surface area contributed by atoms with Gasteiger partial charge in [-0.25, -0.2) is 0 Å². The fourth-order valence-electron chi connectivity index (χ4n) is 4.06.